The molecule has 0 aliphatic carbocycles. The van der Waals surface area contributed by atoms with Crippen LogP contribution in [0.2, 0.25) is 5.02 Å². The largest absolute Gasteiger partial charge is 0.368 e. The van der Waals surface area contributed by atoms with Crippen molar-refractivity contribution in [2.75, 3.05) is 31.1 Å². The van der Waals surface area contributed by atoms with Crippen LogP contribution in [0.25, 0.3) is 0 Å². The molecule has 0 saturated carbocycles. The average Bonchev–Trinajstić information content (AvgIpc) is 2.55. The van der Waals surface area contributed by atoms with Gasteiger partial charge in [0.15, 0.2) is 0 Å². The van der Waals surface area contributed by atoms with Crippen molar-refractivity contribution >= 4 is 27.3 Å². The maximum absolute atomic E-state index is 13.8. The highest BCUT2D eigenvalue weighted by molar-refractivity contribution is 7.89. The number of hydrogen-bond donors (Lipinski definition) is 0. The van der Waals surface area contributed by atoms with E-state index in [-0.39, 0.29) is 13.1 Å². The van der Waals surface area contributed by atoms with E-state index < -0.39 is 26.6 Å². The molecule has 0 aromatic heterocycles. The van der Waals surface area contributed by atoms with Crippen molar-refractivity contribution in [3.8, 4) is 0 Å². The normalized spacial score (nSPS) is 16.4. The van der Waals surface area contributed by atoms with Gasteiger partial charge in [0.25, 0.3) is 0 Å². The summed E-state index contributed by atoms with van der Waals surface area (Å²) in [5.74, 6) is -1.89. The van der Waals surface area contributed by atoms with E-state index in [9.17, 15) is 17.2 Å². The zero-order chi connectivity index (χ0) is 17.3. The summed E-state index contributed by atoms with van der Waals surface area (Å²) in [6.45, 7) is 1.27. The van der Waals surface area contributed by atoms with Gasteiger partial charge in [-0.25, -0.2) is 17.2 Å². The van der Waals surface area contributed by atoms with E-state index in [1.165, 1.54) is 4.31 Å². The molecule has 0 N–H and O–H groups in total. The van der Waals surface area contributed by atoms with Gasteiger partial charge in [0, 0.05) is 32.2 Å². The molecular formula is C16H15ClF2N2O2S. The Morgan fingerprint density at radius 1 is 0.958 bits per heavy atom. The maximum Gasteiger partial charge on any atom is 0.246 e. The predicted octanol–water partition coefficient (Wildman–Crippen LogP) is 3.13. The van der Waals surface area contributed by atoms with E-state index >= 15 is 0 Å². The number of halogens is 3. The van der Waals surface area contributed by atoms with Gasteiger partial charge < -0.3 is 4.90 Å². The topological polar surface area (TPSA) is 40.6 Å². The minimum absolute atomic E-state index is 0.199. The molecule has 1 fully saturated rings. The van der Waals surface area contributed by atoms with Gasteiger partial charge in [-0.1, -0.05) is 23.7 Å². The molecule has 0 amide bonds. The summed E-state index contributed by atoms with van der Waals surface area (Å²) in [4.78, 5) is 1.48. The summed E-state index contributed by atoms with van der Waals surface area (Å²) in [6, 6.07) is 9.80. The third-order valence-corrected chi connectivity index (χ3v) is 6.20. The van der Waals surface area contributed by atoms with Crippen molar-refractivity contribution in [1.29, 1.82) is 0 Å². The summed E-state index contributed by atoms with van der Waals surface area (Å²) in [7, 11) is -3.99. The molecule has 3 rings (SSSR count). The molecule has 1 saturated heterocycles. The quantitative estimate of drug-likeness (QED) is 0.831. The molecular weight excluding hydrogens is 358 g/mol. The van der Waals surface area contributed by atoms with E-state index in [0.717, 1.165) is 17.8 Å². The molecule has 4 nitrogen and oxygen atoms in total. The van der Waals surface area contributed by atoms with Gasteiger partial charge in [-0.05, 0) is 24.3 Å². The van der Waals surface area contributed by atoms with Gasteiger partial charge in [0.1, 0.15) is 16.5 Å². The molecule has 0 atom stereocenters. The lowest BCUT2D eigenvalue weighted by Gasteiger charge is -2.35. The highest BCUT2D eigenvalue weighted by Gasteiger charge is 2.31. The maximum atomic E-state index is 13.8. The number of benzene rings is 2. The number of anilines is 1. The second-order valence-corrected chi connectivity index (χ2v) is 7.73. The third-order valence-electron chi connectivity index (χ3n) is 3.94. The summed E-state index contributed by atoms with van der Waals surface area (Å²) >= 11 is 6.16. The van der Waals surface area contributed by atoms with Crippen LogP contribution in [0.5, 0.6) is 0 Å². The molecule has 0 radical (unpaired) electrons. The average molecular weight is 373 g/mol. The standard InChI is InChI=1S/C16H15ClF2N2O2S/c17-13-3-1-2-4-15(13)20-7-9-21(10-8-20)24(22,23)16-6-5-12(18)11-14(16)19/h1-6,11H,7-10H2. The summed E-state index contributed by atoms with van der Waals surface area (Å²) < 4.78 is 53.1. The van der Waals surface area contributed by atoms with Crippen LogP contribution in [0.1, 0.15) is 0 Å². The fourth-order valence-corrected chi connectivity index (χ4v) is 4.42. The molecule has 24 heavy (non-hydrogen) atoms. The Labute approximate surface area is 144 Å². The summed E-state index contributed by atoms with van der Waals surface area (Å²) in [5.41, 5.74) is 0.837. The number of hydrogen-bond acceptors (Lipinski definition) is 3. The van der Waals surface area contributed by atoms with Crippen molar-refractivity contribution < 1.29 is 17.2 Å². The third kappa shape index (κ3) is 3.24. The minimum atomic E-state index is -3.99. The van der Waals surface area contributed by atoms with E-state index in [4.69, 9.17) is 11.6 Å². The van der Waals surface area contributed by atoms with Crippen LogP contribution in [0, 0.1) is 11.6 Å². The molecule has 1 heterocycles. The second kappa shape index (κ2) is 6.66. The van der Waals surface area contributed by atoms with E-state index in [0.29, 0.717) is 24.2 Å². The fourth-order valence-electron chi connectivity index (χ4n) is 2.70. The Kier molecular flexibility index (Phi) is 4.76. The lowest BCUT2D eigenvalue weighted by molar-refractivity contribution is 0.382. The number of rotatable bonds is 3. The number of nitrogens with zero attached hydrogens (tertiary/aromatic N) is 2. The van der Waals surface area contributed by atoms with Crippen LogP contribution in [0.3, 0.4) is 0 Å². The molecule has 2 aromatic rings. The van der Waals surface area contributed by atoms with Gasteiger partial charge in [-0.3, -0.25) is 0 Å². The molecule has 2 aromatic carbocycles. The van der Waals surface area contributed by atoms with Crippen LogP contribution in [0.4, 0.5) is 14.5 Å². The van der Waals surface area contributed by atoms with Crippen LogP contribution in [-0.2, 0) is 10.0 Å². The lowest BCUT2D eigenvalue weighted by atomic mass is 10.2. The Balaban J connectivity index is 1.78. The molecule has 0 unspecified atom stereocenters. The minimum Gasteiger partial charge on any atom is -0.368 e. The van der Waals surface area contributed by atoms with E-state index in [1.807, 2.05) is 23.1 Å². The van der Waals surface area contributed by atoms with Gasteiger partial charge >= 0.3 is 0 Å². The van der Waals surface area contributed by atoms with Crippen molar-refractivity contribution in [1.82, 2.24) is 4.31 Å². The molecule has 8 heteroatoms. The van der Waals surface area contributed by atoms with Crippen LogP contribution >= 0.6 is 11.6 Å². The highest BCUT2D eigenvalue weighted by Crippen LogP contribution is 2.28. The van der Waals surface area contributed by atoms with E-state index in [2.05, 4.69) is 0 Å². The smallest absolute Gasteiger partial charge is 0.246 e. The van der Waals surface area contributed by atoms with Crippen molar-refractivity contribution in [2.45, 2.75) is 4.90 Å². The second-order valence-electron chi connectivity index (χ2n) is 5.42. The predicted molar refractivity (Wildman–Crippen MR) is 88.8 cm³/mol. The molecule has 1 aliphatic heterocycles. The summed E-state index contributed by atoms with van der Waals surface area (Å²) in [5, 5.41) is 0.596. The first kappa shape index (κ1) is 17.1. The zero-order valence-electron chi connectivity index (χ0n) is 12.6. The van der Waals surface area contributed by atoms with Gasteiger partial charge in [0.05, 0.1) is 10.7 Å². The lowest BCUT2D eigenvalue weighted by Crippen LogP contribution is -2.48. The number of sulfonamides is 1. The van der Waals surface area contributed by atoms with Gasteiger partial charge in [0.2, 0.25) is 10.0 Å². The van der Waals surface area contributed by atoms with Gasteiger partial charge in [-0.2, -0.15) is 4.31 Å². The molecule has 0 spiro atoms. The van der Waals surface area contributed by atoms with E-state index in [1.54, 1.807) is 6.07 Å². The zero-order valence-corrected chi connectivity index (χ0v) is 14.2. The molecule has 1 aliphatic rings. The molecule has 128 valence electrons. The first-order chi connectivity index (χ1) is 11.4. The van der Waals surface area contributed by atoms with Crippen molar-refractivity contribution in [3.05, 3.63) is 59.1 Å². The van der Waals surface area contributed by atoms with Crippen LogP contribution in [0.15, 0.2) is 47.4 Å². The Morgan fingerprint density at radius 3 is 2.25 bits per heavy atom. The van der Waals surface area contributed by atoms with Crippen molar-refractivity contribution in [2.24, 2.45) is 0 Å². The first-order valence-electron chi connectivity index (χ1n) is 7.34. The monoisotopic (exact) mass is 372 g/mol. The first-order valence-corrected chi connectivity index (χ1v) is 9.16. The molecule has 0 bridgehead atoms. The summed E-state index contributed by atoms with van der Waals surface area (Å²) in [6.07, 6.45) is 0. The highest BCUT2D eigenvalue weighted by atomic mass is 35.5. The Hall–Kier alpha value is -1.70. The fraction of sp³-hybridized carbons (Fsp3) is 0.250. The van der Waals surface area contributed by atoms with Gasteiger partial charge in [-0.15, -0.1) is 0 Å². The Bertz CT molecular complexity index is 853. The van der Waals surface area contributed by atoms with Crippen LogP contribution in [-0.4, -0.2) is 38.9 Å². The van der Waals surface area contributed by atoms with Crippen LogP contribution < -0.4 is 4.90 Å². The Morgan fingerprint density at radius 2 is 1.62 bits per heavy atom. The van der Waals surface area contributed by atoms with Crippen molar-refractivity contribution in [3.63, 3.8) is 0 Å². The number of piperazine rings is 1. The number of para-hydroxylation sites is 1. The SMILES string of the molecule is O=S(=O)(c1ccc(F)cc1F)N1CCN(c2ccccc2Cl)CC1.